The molecular weight excluding hydrogens is 480 g/mol. The Balaban J connectivity index is 2.19. The Morgan fingerprint density at radius 3 is 2.56 bits per heavy atom. The van der Waals surface area contributed by atoms with Gasteiger partial charge in [-0.3, -0.25) is 10.1 Å². The number of carbonyl (C=O) groups is 1. The van der Waals surface area contributed by atoms with E-state index in [4.69, 9.17) is 31.2 Å². The third kappa shape index (κ3) is 5.20. The lowest BCUT2D eigenvalue weighted by atomic mass is 9.82. The maximum absolute atomic E-state index is 13.2. The van der Waals surface area contributed by atoms with E-state index >= 15 is 0 Å². The minimum Gasteiger partial charge on any atom is -0.493 e. The number of hydrogen-bond acceptors (Lipinski definition) is 9. The van der Waals surface area contributed by atoms with Crippen LogP contribution in [0.2, 0.25) is 0 Å². The van der Waals surface area contributed by atoms with Crippen LogP contribution in [-0.2, 0) is 4.79 Å². The van der Waals surface area contributed by atoms with Crippen LogP contribution in [0.25, 0.3) is 0 Å². The maximum Gasteiger partial charge on any atom is 0.335 e. The number of nitrogens with zero attached hydrogens (tertiary/aromatic N) is 1. The zero-order chi connectivity index (χ0) is 24.8. The van der Waals surface area contributed by atoms with Crippen molar-refractivity contribution in [2.45, 2.75) is 31.7 Å². The second-order valence-electron chi connectivity index (χ2n) is 7.42. The molecule has 1 N–H and O–H groups in total. The summed E-state index contributed by atoms with van der Waals surface area (Å²) in [7, 11) is 4.40. The number of rotatable bonds is 9. The molecule has 0 aliphatic carbocycles. The first-order valence-corrected chi connectivity index (χ1v) is 12.0. The molecule has 3 rings (SSSR count). The van der Waals surface area contributed by atoms with Crippen LogP contribution in [0.4, 0.5) is 5.69 Å². The summed E-state index contributed by atoms with van der Waals surface area (Å²) in [4.78, 5) is 24.2. The zero-order valence-electron chi connectivity index (χ0n) is 19.3. The predicted octanol–water partition coefficient (Wildman–Crippen LogP) is 4.45. The first-order valence-electron chi connectivity index (χ1n) is 10.6. The number of methoxy groups -OCH3 is 3. The van der Waals surface area contributed by atoms with Gasteiger partial charge < -0.3 is 24.3 Å². The summed E-state index contributed by atoms with van der Waals surface area (Å²) in [5, 5.41) is 14.6. The monoisotopic (exact) mass is 506 g/mol. The summed E-state index contributed by atoms with van der Waals surface area (Å²) in [6, 6.07) is 6.73. The van der Waals surface area contributed by atoms with Gasteiger partial charge in [0.2, 0.25) is 5.75 Å². The molecule has 1 heterocycles. The molecule has 2 aromatic carbocycles. The average molecular weight is 507 g/mol. The number of unbranched alkanes of at least 4 members (excludes halogenated alkanes) is 1. The summed E-state index contributed by atoms with van der Waals surface area (Å²) in [5.41, 5.74) is 0.923. The Hall–Kier alpha value is -3.05. The summed E-state index contributed by atoms with van der Waals surface area (Å²) >= 11 is 6.91. The van der Waals surface area contributed by atoms with Crippen molar-refractivity contribution >= 4 is 40.0 Å². The highest BCUT2D eigenvalue weighted by molar-refractivity contribution is 8.22. The number of nitrogens with one attached hydrogen (secondary N) is 1. The van der Waals surface area contributed by atoms with Gasteiger partial charge in [0.25, 0.3) is 5.69 Å². The highest BCUT2D eigenvalue weighted by Crippen LogP contribution is 2.52. The molecule has 0 aromatic heterocycles. The van der Waals surface area contributed by atoms with Crippen molar-refractivity contribution in [3.8, 4) is 23.0 Å². The topological polar surface area (TPSA) is 109 Å². The number of ether oxygens (including phenoxy) is 4. The summed E-state index contributed by atoms with van der Waals surface area (Å²) in [6.45, 7) is 2.08. The largest absolute Gasteiger partial charge is 0.493 e. The number of fused-ring (bicyclic) bond motifs is 1. The quantitative estimate of drug-likeness (QED) is 0.131. The van der Waals surface area contributed by atoms with E-state index in [1.807, 2.05) is 0 Å². The number of esters is 1. The molecule has 1 aliphatic heterocycles. The molecule has 0 saturated carbocycles. The normalized spacial score (nSPS) is 16.8. The predicted molar refractivity (Wildman–Crippen MR) is 134 cm³/mol. The number of carbonyl (C=O) groups excluding carboxylic acids is 1. The molecule has 0 spiro atoms. The van der Waals surface area contributed by atoms with Gasteiger partial charge in [-0.05, 0) is 12.0 Å². The summed E-state index contributed by atoms with van der Waals surface area (Å²) in [5.74, 6) is 0.677. The molecule has 2 atom stereocenters. The van der Waals surface area contributed by atoms with Crippen LogP contribution in [0.3, 0.4) is 0 Å². The van der Waals surface area contributed by atoms with Crippen LogP contribution in [0.1, 0.15) is 36.8 Å². The van der Waals surface area contributed by atoms with Gasteiger partial charge in [0.15, 0.2) is 11.5 Å². The van der Waals surface area contributed by atoms with Crippen molar-refractivity contribution in [1.82, 2.24) is 5.32 Å². The highest BCUT2D eigenvalue weighted by atomic mass is 32.2. The molecule has 1 aliphatic rings. The van der Waals surface area contributed by atoms with Crippen LogP contribution in [-0.4, -0.2) is 48.3 Å². The van der Waals surface area contributed by atoms with Gasteiger partial charge in [0.1, 0.15) is 16.1 Å². The van der Waals surface area contributed by atoms with Gasteiger partial charge >= 0.3 is 5.97 Å². The Morgan fingerprint density at radius 1 is 1.21 bits per heavy atom. The molecule has 0 amide bonds. The van der Waals surface area contributed by atoms with Crippen LogP contribution in [0.5, 0.6) is 23.0 Å². The van der Waals surface area contributed by atoms with E-state index in [1.54, 1.807) is 18.2 Å². The van der Waals surface area contributed by atoms with Crippen LogP contribution in [0.15, 0.2) is 30.3 Å². The second kappa shape index (κ2) is 11.4. The molecule has 0 radical (unpaired) electrons. The van der Waals surface area contributed by atoms with E-state index in [2.05, 4.69) is 12.2 Å². The van der Waals surface area contributed by atoms with Gasteiger partial charge in [-0.15, -0.1) is 0 Å². The Kier molecular flexibility index (Phi) is 8.56. The molecular formula is C23H26N2O7S2. The van der Waals surface area contributed by atoms with Crippen molar-refractivity contribution in [2.75, 3.05) is 27.1 Å². The van der Waals surface area contributed by atoms with Gasteiger partial charge in [0.05, 0.1) is 31.8 Å². The number of benzene rings is 2. The Morgan fingerprint density at radius 2 is 1.94 bits per heavy atom. The highest BCUT2D eigenvalue weighted by Gasteiger charge is 2.43. The SMILES string of the molecule is CCCCSC(=S)NC1C(=O)Oc2cc(OC)c(OC)c(OC)c2C1c1cccc([N+](=O)[O-])c1. The molecule has 2 unspecified atom stereocenters. The summed E-state index contributed by atoms with van der Waals surface area (Å²) in [6.07, 6.45) is 1.99. The Bertz CT molecular complexity index is 1090. The third-order valence-electron chi connectivity index (χ3n) is 5.38. The molecule has 11 heteroatoms. The first-order chi connectivity index (χ1) is 16.4. The first kappa shape index (κ1) is 25.6. The number of hydrogen-bond donors (Lipinski definition) is 1. The van der Waals surface area contributed by atoms with Crippen molar-refractivity contribution in [3.63, 3.8) is 0 Å². The molecule has 34 heavy (non-hydrogen) atoms. The molecule has 0 bridgehead atoms. The van der Waals surface area contributed by atoms with Crippen LogP contribution >= 0.6 is 24.0 Å². The van der Waals surface area contributed by atoms with E-state index in [0.29, 0.717) is 32.7 Å². The fourth-order valence-electron chi connectivity index (χ4n) is 3.82. The van der Waals surface area contributed by atoms with E-state index in [-0.39, 0.29) is 11.4 Å². The lowest BCUT2D eigenvalue weighted by Gasteiger charge is -2.34. The fourth-order valence-corrected chi connectivity index (χ4v) is 5.03. The van der Waals surface area contributed by atoms with Gasteiger partial charge in [-0.2, -0.15) is 0 Å². The van der Waals surface area contributed by atoms with Crippen molar-refractivity contribution < 1.29 is 28.7 Å². The van der Waals surface area contributed by atoms with E-state index in [0.717, 1.165) is 18.6 Å². The van der Waals surface area contributed by atoms with Gasteiger partial charge in [0, 0.05) is 29.9 Å². The number of thiocarbonyl (C=S) groups is 1. The molecule has 0 saturated heterocycles. The standard InChI is InChI=1S/C23H26N2O7S2/c1-5-6-10-34-23(33)24-19-17(13-8-7-9-14(11-13)25(27)28)18-15(32-22(19)26)12-16(29-2)20(30-3)21(18)31-4/h7-9,11-12,17,19H,5-6,10H2,1-4H3,(H,24,33). The minimum absolute atomic E-state index is 0.101. The Labute approximate surface area is 207 Å². The molecule has 2 aromatic rings. The smallest absolute Gasteiger partial charge is 0.335 e. The number of non-ortho nitro benzene ring substituents is 1. The van der Waals surface area contributed by atoms with Crippen molar-refractivity contribution in [2.24, 2.45) is 0 Å². The number of nitro benzene ring substituents is 1. The second-order valence-corrected chi connectivity index (χ2v) is 9.19. The third-order valence-corrected chi connectivity index (χ3v) is 6.73. The van der Waals surface area contributed by atoms with E-state index in [9.17, 15) is 14.9 Å². The van der Waals surface area contributed by atoms with Crippen LogP contribution in [0, 0.1) is 10.1 Å². The lowest BCUT2D eigenvalue weighted by Crippen LogP contribution is -2.48. The average Bonchev–Trinajstić information content (AvgIpc) is 2.83. The van der Waals surface area contributed by atoms with Gasteiger partial charge in [-0.25, -0.2) is 4.79 Å². The van der Waals surface area contributed by atoms with Crippen molar-refractivity contribution in [3.05, 3.63) is 51.6 Å². The minimum atomic E-state index is -0.942. The lowest BCUT2D eigenvalue weighted by molar-refractivity contribution is -0.384. The maximum atomic E-state index is 13.2. The zero-order valence-corrected chi connectivity index (χ0v) is 20.9. The van der Waals surface area contributed by atoms with E-state index < -0.39 is 22.9 Å². The fraction of sp³-hybridized carbons (Fsp3) is 0.391. The number of nitro groups is 1. The molecule has 0 fully saturated rings. The van der Waals surface area contributed by atoms with Crippen LogP contribution < -0.4 is 24.3 Å². The number of thioether (sulfide) groups is 1. The summed E-state index contributed by atoms with van der Waals surface area (Å²) < 4.78 is 22.7. The molecule has 9 nitrogen and oxygen atoms in total. The molecule has 182 valence electrons. The van der Waals surface area contributed by atoms with Crippen molar-refractivity contribution in [1.29, 1.82) is 0 Å². The van der Waals surface area contributed by atoms with Gasteiger partial charge in [-0.1, -0.05) is 49.5 Å². The van der Waals surface area contributed by atoms with E-state index in [1.165, 1.54) is 45.2 Å².